The first-order chi connectivity index (χ1) is 16.4. The number of carbonyl (C=O) groups is 4. The second kappa shape index (κ2) is 9.88. The first kappa shape index (κ1) is 23.2. The van der Waals surface area contributed by atoms with E-state index in [-0.39, 0.29) is 24.5 Å². The summed E-state index contributed by atoms with van der Waals surface area (Å²) in [5, 5.41) is 3.12. The number of carbonyl (C=O) groups excluding carboxylic acids is 4. The minimum absolute atomic E-state index is 0.138. The van der Waals surface area contributed by atoms with Crippen LogP contribution in [-0.2, 0) is 17.7 Å². The van der Waals surface area contributed by atoms with Crippen LogP contribution in [0.15, 0.2) is 54.6 Å². The fraction of sp³-hybridized carbons (Fsp3) is 0.200. The first-order valence-electron chi connectivity index (χ1n) is 10.8. The lowest BCUT2D eigenvalue weighted by molar-refractivity contribution is 0.0995. The third-order valence-corrected chi connectivity index (χ3v) is 6.63. The zero-order valence-corrected chi connectivity index (χ0v) is 19.3. The monoisotopic (exact) mass is 477 g/mol. The number of nitrogens with one attached hydrogen (secondary N) is 1. The zero-order valence-electron chi connectivity index (χ0n) is 18.5. The minimum Gasteiger partial charge on any atom is -0.450 e. The van der Waals surface area contributed by atoms with Gasteiger partial charge >= 0.3 is 6.09 Å². The predicted octanol–water partition coefficient (Wildman–Crippen LogP) is 3.84. The highest BCUT2D eigenvalue weighted by Gasteiger charge is 2.30. The Bertz CT molecular complexity index is 1250. The van der Waals surface area contributed by atoms with Gasteiger partial charge in [0.25, 0.3) is 11.8 Å². The number of nitrogens with zero attached hydrogens (tertiary/aromatic N) is 1. The number of hydrogen-bond donors (Lipinski definition) is 2. The molecule has 3 amide bonds. The van der Waals surface area contributed by atoms with E-state index in [9.17, 15) is 19.2 Å². The quantitative estimate of drug-likeness (QED) is 0.523. The number of hydrogen-bond acceptors (Lipinski definition) is 6. The van der Waals surface area contributed by atoms with Gasteiger partial charge in [0, 0.05) is 28.1 Å². The van der Waals surface area contributed by atoms with Crippen molar-refractivity contribution < 1.29 is 23.9 Å². The highest BCUT2D eigenvalue weighted by molar-refractivity contribution is 7.17. The number of ketones is 1. The van der Waals surface area contributed by atoms with Gasteiger partial charge in [-0.05, 0) is 31.0 Å². The van der Waals surface area contributed by atoms with E-state index in [0.717, 1.165) is 10.4 Å². The molecular formula is C25H23N3O5S. The second-order valence-corrected chi connectivity index (χ2v) is 8.77. The van der Waals surface area contributed by atoms with Crippen LogP contribution in [-0.4, -0.2) is 41.7 Å². The lowest BCUT2D eigenvalue weighted by Gasteiger charge is -2.26. The van der Waals surface area contributed by atoms with Crippen LogP contribution in [0.3, 0.4) is 0 Å². The van der Waals surface area contributed by atoms with Gasteiger partial charge in [0.2, 0.25) is 0 Å². The van der Waals surface area contributed by atoms with Crippen molar-refractivity contribution in [1.82, 2.24) is 4.90 Å². The highest BCUT2D eigenvalue weighted by Crippen LogP contribution is 2.37. The molecule has 0 saturated heterocycles. The molecule has 1 aliphatic heterocycles. The van der Waals surface area contributed by atoms with E-state index >= 15 is 0 Å². The van der Waals surface area contributed by atoms with E-state index < -0.39 is 17.9 Å². The number of nitrogens with two attached hydrogens (primary N) is 1. The Morgan fingerprint density at radius 1 is 1.00 bits per heavy atom. The molecule has 0 bridgehead atoms. The molecule has 0 atom stereocenters. The summed E-state index contributed by atoms with van der Waals surface area (Å²) in [6, 6.07) is 15.2. The van der Waals surface area contributed by atoms with Gasteiger partial charge in [0.1, 0.15) is 5.00 Å². The molecule has 0 fully saturated rings. The first-order valence-corrected chi connectivity index (χ1v) is 11.6. The van der Waals surface area contributed by atoms with Gasteiger partial charge in [0.15, 0.2) is 5.78 Å². The van der Waals surface area contributed by atoms with Gasteiger partial charge in [-0.15, -0.1) is 11.3 Å². The van der Waals surface area contributed by atoms with Crippen molar-refractivity contribution in [2.45, 2.75) is 19.9 Å². The highest BCUT2D eigenvalue weighted by atomic mass is 32.1. The van der Waals surface area contributed by atoms with Gasteiger partial charge in [-0.1, -0.05) is 42.5 Å². The molecule has 3 aromatic rings. The zero-order chi connectivity index (χ0) is 24.2. The SMILES string of the molecule is CCOC(=O)N1CCc2c(sc(NC(=O)c3ccc(C(=O)c4ccccc4)cc3)c2C(N)=O)C1. The molecule has 0 spiro atoms. The molecule has 1 aliphatic rings. The summed E-state index contributed by atoms with van der Waals surface area (Å²) in [5.41, 5.74) is 8.00. The van der Waals surface area contributed by atoms with Crippen molar-refractivity contribution in [2.75, 3.05) is 18.5 Å². The molecule has 3 N–H and O–H groups in total. The summed E-state index contributed by atoms with van der Waals surface area (Å²) in [4.78, 5) is 52.1. The summed E-state index contributed by atoms with van der Waals surface area (Å²) in [6.07, 6.45) is 0.0210. The number of anilines is 1. The van der Waals surface area contributed by atoms with E-state index in [0.29, 0.717) is 34.7 Å². The van der Waals surface area contributed by atoms with E-state index in [1.807, 2.05) is 6.07 Å². The maximum atomic E-state index is 12.9. The second-order valence-electron chi connectivity index (χ2n) is 7.67. The predicted molar refractivity (Wildman–Crippen MR) is 128 cm³/mol. The fourth-order valence-corrected chi connectivity index (χ4v) is 5.09. The van der Waals surface area contributed by atoms with Gasteiger partial charge in [-0.2, -0.15) is 0 Å². The van der Waals surface area contributed by atoms with Crippen LogP contribution in [0, 0.1) is 0 Å². The van der Waals surface area contributed by atoms with Crippen molar-refractivity contribution in [1.29, 1.82) is 0 Å². The number of fused-ring (bicyclic) bond motifs is 1. The Labute approximate surface area is 200 Å². The number of thiophene rings is 1. The molecule has 174 valence electrons. The number of amides is 3. The average Bonchev–Trinajstić information content (AvgIpc) is 3.21. The van der Waals surface area contributed by atoms with Crippen LogP contribution >= 0.6 is 11.3 Å². The smallest absolute Gasteiger partial charge is 0.410 e. The standard InChI is InChI=1S/C25H23N3O5S/c1-2-33-25(32)28-13-12-18-19(14-28)34-24(20(18)22(26)30)27-23(31)17-10-8-16(9-11-17)21(29)15-6-4-3-5-7-15/h3-11H,2,12-14H2,1H3,(H2,26,30)(H,27,31). The summed E-state index contributed by atoms with van der Waals surface area (Å²) in [7, 11) is 0. The fourth-order valence-electron chi connectivity index (χ4n) is 3.83. The minimum atomic E-state index is -0.638. The van der Waals surface area contributed by atoms with E-state index in [4.69, 9.17) is 10.5 Å². The molecule has 34 heavy (non-hydrogen) atoms. The molecule has 4 rings (SSSR count). The molecule has 2 heterocycles. The number of rotatable bonds is 6. The van der Waals surface area contributed by atoms with Crippen LogP contribution in [0.5, 0.6) is 0 Å². The van der Waals surface area contributed by atoms with Crippen molar-refractivity contribution in [2.24, 2.45) is 5.73 Å². The van der Waals surface area contributed by atoms with Crippen molar-refractivity contribution >= 4 is 40.0 Å². The third kappa shape index (κ3) is 4.69. The molecule has 0 saturated carbocycles. The maximum absolute atomic E-state index is 12.9. The largest absolute Gasteiger partial charge is 0.450 e. The average molecular weight is 478 g/mol. The van der Waals surface area contributed by atoms with E-state index in [1.54, 1.807) is 60.4 Å². The normalized spacial score (nSPS) is 12.6. The molecule has 0 radical (unpaired) electrons. The summed E-state index contributed by atoms with van der Waals surface area (Å²) in [5.74, 6) is -1.20. The van der Waals surface area contributed by atoms with Crippen LogP contribution in [0.25, 0.3) is 0 Å². The maximum Gasteiger partial charge on any atom is 0.410 e. The molecular weight excluding hydrogens is 454 g/mol. The van der Waals surface area contributed by atoms with Crippen molar-refractivity contribution in [3.8, 4) is 0 Å². The summed E-state index contributed by atoms with van der Waals surface area (Å²) in [6.45, 7) is 2.69. The van der Waals surface area contributed by atoms with E-state index in [2.05, 4.69) is 5.32 Å². The Kier molecular flexibility index (Phi) is 6.74. The summed E-state index contributed by atoms with van der Waals surface area (Å²) >= 11 is 1.22. The van der Waals surface area contributed by atoms with Gasteiger partial charge in [0.05, 0.1) is 18.7 Å². The van der Waals surface area contributed by atoms with Crippen molar-refractivity contribution in [3.63, 3.8) is 0 Å². The van der Waals surface area contributed by atoms with Crippen LogP contribution < -0.4 is 11.1 Å². The lowest BCUT2D eigenvalue weighted by atomic mass is 10.0. The van der Waals surface area contributed by atoms with Gasteiger partial charge in [-0.25, -0.2) is 4.79 Å². The van der Waals surface area contributed by atoms with Crippen LogP contribution in [0.1, 0.15) is 54.0 Å². The molecule has 1 aromatic heterocycles. The Morgan fingerprint density at radius 3 is 2.29 bits per heavy atom. The molecule has 2 aromatic carbocycles. The topological polar surface area (TPSA) is 119 Å². The van der Waals surface area contributed by atoms with Crippen molar-refractivity contribution in [3.05, 3.63) is 87.3 Å². The Hall–Kier alpha value is -3.98. The molecule has 0 unspecified atom stereocenters. The van der Waals surface area contributed by atoms with Gasteiger partial charge in [-0.3, -0.25) is 14.4 Å². The molecule has 9 heteroatoms. The van der Waals surface area contributed by atoms with Gasteiger partial charge < -0.3 is 20.7 Å². The number of primary amides is 1. The number of ether oxygens (including phenoxy) is 1. The number of benzene rings is 2. The molecule has 8 nitrogen and oxygen atoms in total. The van der Waals surface area contributed by atoms with Crippen LogP contribution in [0.2, 0.25) is 0 Å². The summed E-state index contributed by atoms with van der Waals surface area (Å²) < 4.78 is 5.06. The van der Waals surface area contributed by atoms with E-state index in [1.165, 1.54) is 11.3 Å². The molecule has 0 aliphatic carbocycles. The third-order valence-electron chi connectivity index (χ3n) is 5.50. The lowest BCUT2D eigenvalue weighted by Crippen LogP contribution is -2.36. The van der Waals surface area contributed by atoms with Crippen LogP contribution in [0.4, 0.5) is 9.80 Å². The Morgan fingerprint density at radius 2 is 1.65 bits per heavy atom. The Balaban J connectivity index is 1.52.